The molecule has 1 aliphatic rings. The van der Waals surface area contributed by atoms with E-state index in [0.29, 0.717) is 0 Å². The van der Waals surface area contributed by atoms with Crippen molar-refractivity contribution in [3.8, 4) is 11.1 Å². The number of allylic oxidation sites excluding steroid dienone is 10. The summed E-state index contributed by atoms with van der Waals surface area (Å²) in [4.78, 5) is 2.46. The van der Waals surface area contributed by atoms with Gasteiger partial charge in [0.25, 0.3) is 0 Å². The topological polar surface area (TPSA) is 3.24 Å². The maximum Gasteiger partial charge on any atom is 0.0423 e. The van der Waals surface area contributed by atoms with E-state index >= 15 is 0 Å². The highest BCUT2D eigenvalue weighted by Gasteiger charge is 2.37. The van der Waals surface area contributed by atoms with Crippen molar-refractivity contribution < 1.29 is 0 Å². The zero-order valence-corrected chi connectivity index (χ0v) is 32.6. The van der Waals surface area contributed by atoms with Gasteiger partial charge in [0, 0.05) is 23.3 Å². The number of hydrogen-bond acceptors (Lipinski definition) is 1. The minimum atomic E-state index is -0.128. The first-order valence-corrected chi connectivity index (χ1v) is 18.6. The third-order valence-electron chi connectivity index (χ3n) is 10.7. The first kappa shape index (κ1) is 37.4. The molecule has 0 spiro atoms. The molecule has 4 aromatic rings. The second kappa shape index (κ2) is 16.0. The first-order chi connectivity index (χ1) is 24.5. The van der Waals surface area contributed by atoms with Crippen LogP contribution in [0, 0.1) is 13.8 Å². The van der Waals surface area contributed by atoms with E-state index in [0.717, 1.165) is 13.0 Å². The molecule has 0 fully saturated rings. The van der Waals surface area contributed by atoms with E-state index < -0.39 is 0 Å². The minimum Gasteiger partial charge on any atom is -0.338 e. The highest BCUT2D eigenvalue weighted by atomic mass is 15.1. The van der Waals surface area contributed by atoms with Gasteiger partial charge < -0.3 is 4.90 Å². The van der Waals surface area contributed by atoms with Gasteiger partial charge in [0.1, 0.15) is 0 Å². The Bertz CT molecular complexity index is 2020. The van der Waals surface area contributed by atoms with Gasteiger partial charge >= 0.3 is 0 Å². The van der Waals surface area contributed by atoms with Crippen molar-refractivity contribution in [2.45, 2.75) is 86.5 Å². The van der Waals surface area contributed by atoms with Crippen LogP contribution in [0.2, 0.25) is 0 Å². The lowest BCUT2D eigenvalue weighted by atomic mass is 9.76. The van der Waals surface area contributed by atoms with Gasteiger partial charge in [-0.1, -0.05) is 155 Å². The molecule has 1 nitrogen and oxygen atoms in total. The molecule has 0 saturated carbocycles. The lowest BCUT2D eigenvalue weighted by molar-refractivity contribution is 0.531. The van der Waals surface area contributed by atoms with E-state index in [-0.39, 0.29) is 10.8 Å². The fourth-order valence-corrected chi connectivity index (χ4v) is 7.83. The summed E-state index contributed by atoms with van der Waals surface area (Å²) in [5.41, 5.74) is 16.8. The summed E-state index contributed by atoms with van der Waals surface area (Å²) in [7, 11) is 0. The maximum absolute atomic E-state index is 2.51. The van der Waals surface area contributed by atoms with Gasteiger partial charge in [0.2, 0.25) is 0 Å². The minimum absolute atomic E-state index is 0.00714. The highest BCUT2D eigenvalue weighted by molar-refractivity contribution is 5.89. The molecule has 0 amide bonds. The second-order valence-electron chi connectivity index (χ2n) is 14.9. The fraction of sp³-hybridized carbons (Fsp3) is 0.280. The molecule has 0 atom stereocenters. The Balaban J connectivity index is 1.64. The normalized spacial score (nSPS) is 16.5. The summed E-state index contributed by atoms with van der Waals surface area (Å²) >= 11 is 0. The van der Waals surface area contributed by atoms with E-state index in [1.807, 2.05) is 0 Å². The first-order valence-electron chi connectivity index (χ1n) is 18.6. The molecular formula is C50H57N. The van der Waals surface area contributed by atoms with Gasteiger partial charge in [-0.2, -0.15) is 0 Å². The molecule has 0 aliphatic heterocycles. The van der Waals surface area contributed by atoms with Crippen LogP contribution in [-0.4, -0.2) is 6.54 Å². The molecule has 0 bridgehead atoms. The van der Waals surface area contributed by atoms with Gasteiger partial charge in [-0.25, -0.2) is 0 Å². The molecule has 0 N–H and O–H groups in total. The van der Waals surface area contributed by atoms with Crippen molar-refractivity contribution >= 4 is 16.8 Å². The monoisotopic (exact) mass is 671 g/mol. The van der Waals surface area contributed by atoms with Crippen molar-refractivity contribution in [2.24, 2.45) is 0 Å². The van der Waals surface area contributed by atoms with E-state index in [2.05, 4.69) is 214 Å². The van der Waals surface area contributed by atoms with Crippen LogP contribution in [0.1, 0.15) is 95.2 Å². The van der Waals surface area contributed by atoms with Crippen molar-refractivity contribution in [3.63, 3.8) is 0 Å². The van der Waals surface area contributed by atoms with E-state index in [1.54, 1.807) is 0 Å². The molecule has 1 aliphatic carbocycles. The number of aryl methyl sites for hydroxylation is 1. The van der Waals surface area contributed by atoms with Crippen LogP contribution >= 0.6 is 0 Å². The smallest absolute Gasteiger partial charge is 0.0423 e. The van der Waals surface area contributed by atoms with E-state index in [4.69, 9.17) is 0 Å². The molecule has 0 radical (unpaired) electrons. The Labute approximate surface area is 309 Å². The molecule has 4 aromatic carbocycles. The quantitative estimate of drug-likeness (QED) is 0.143. The lowest BCUT2D eigenvalue weighted by Gasteiger charge is -2.32. The zero-order valence-electron chi connectivity index (χ0n) is 32.6. The predicted molar refractivity (Wildman–Crippen MR) is 225 cm³/mol. The second-order valence-corrected chi connectivity index (χ2v) is 14.9. The van der Waals surface area contributed by atoms with Crippen molar-refractivity contribution in [2.75, 3.05) is 11.4 Å². The Morgan fingerprint density at radius 1 is 0.765 bits per heavy atom. The Kier molecular flexibility index (Phi) is 11.7. The number of fused-ring (bicyclic) bond motifs is 1. The standard InChI is InChI=1S/C50H57N/c1-11-21-41(13-3)51(33-20-24-38(12-2)39-22-16-15-17-23-39)42-34-45(40-29-27-36(5)28-30-40)37(6)48(35-42)49(7,8)32-31-44-43-25-18-19-26-47(43)50(9,10)46(44)14-4/h11-31,34-35H,32-33H2,1-10H3/b21-11-,24-20-,38-12+,41-13+,44-31?,46-14+. The Morgan fingerprint density at radius 3 is 2.10 bits per heavy atom. The summed E-state index contributed by atoms with van der Waals surface area (Å²) in [5.74, 6) is 0. The number of rotatable bonds is 11. The molecular weight excluding hydrogens is 615 g/mol. The van der Waals surface area contributed by atoms with Gasteiger partial charge in [-0.3, -0.25) is 0 Å². The van der Waals surface area contributed by atoms with Crippen LogP contribution in [0.4, 0.5) is 5.69 Å². The van der Waals surface area contributed by atoms with E-state index in [9.17, 15) is 0 Å². The van der Waals surface area contributed by atoms with Crippen LogP contribution < -0.4 is 4.90 Å². The van der Waals surface area contributed by atoms with E-state index in [1.165, 1.54) is 72.6 Å². The third kappa shape index (κ3) is 7.89. The third-order valence-corrected chi connectivity index (χ3v) is 10.7. The molecule has 0 unspecified atom stereocenters. The number of nitrogens with zero attached hydrogens (tertiary/aromatic N) is 1. The van der Waals surface area contributed by atoms with Gasteiger partial charge in [-0.15, -0.1) is 0 Å². The Hall–Kier alpha value is -4.88. The van der Waals surface area contributed by atoms with Crippen LogP contribution in [0.15, 0.2) is 151 Å². The Morgan fingerprint density at radius 2 is 1.45 bits per heavy atom. The van der Waals surface area contributed by atoms with Crippen LogP contribution in [0.25, 0.3) is 22.3 Å². The summed E-state index contributed by atoms with van der Waals surface area (Å²) in [5, 5.41) is 0. The summed E-state index contributed by atoms with van der Waals surface area (Å²) in [6.07, 6.45) is 19.1. The number of benzene rings is 4. The molecule has 1 heteroatoms. The highest BCUT2D eigenvalue weighted by Crippen LogP contribution is 2.50. The van der Waals surface area contributed by atoms with Crippen molar-refractivity contribution in [3.05, 3.63) is 184 Å². The summed E-state index contributed by atoms with van der Waals surface area (Å²) in [6, 6.07) is 33.5. The molecule has 262 valence electrons. The average Bonchev–Trinajstić information content (AvgIpc) is 3.36. The van der Waals surface area contributed by atoms with Gasteiger partial charge in [0.05, 0.1) is 0 Å². The SMILES string of the molecule is C/C=C\C(=C/C)N(C/C=C\C(=C/C)c1ccccc1)c1cc(-c2ccc(C)cc2)c(C)c(C(C)(C)CC=C2/C(=C\C)C(C)(C)c3ccccc32)c1. The largest absolute Gasteiger partial charge is 0.338 e. The van der Waals surface area contributed by atoms with Gasteiger partial charge in [0.15, 0.2) is 0 Å². The number of anilines is 1. The van der Waals surface area contributed by atoms with Crippen molar-refractivity contribution in [1.29, 1.82) is 0 Å². The van der Waals surface area contributed by atoms with Crippen molar-refractivity contribution in [1.82, 2.24) is 0 Å². The summed E-state index contributed by atoms with van der Waals surface area (Å²) < 4.78 is 0. The van der Waals surface area contributed by atoms with Crippen LogP contribution in [0.5, 0.6) is 0 Å². The van der Waals surface area contributed by atoms with Crippen LogP contribution in [0.3, 0.4) is 0 Å². The average molecular weight is 672 g/mol. The maximum atomic E-state index is 2.51. The lowest BCUT2D eigenvalue weighted by Crippen LogP contribution is -2.24. The fourth-order valence-electron chi connectivity index (χ4n) is 7.83. The molecule has 51 heavy (non-hydrogen) atoms. The van der Waals surface area contributed by atoms with Gasteiger partial charge in [-0.05, 0) is 127 Å². The molecule has 5 rings (SSSR count). The van der Waals surface area contributed by atoms with Crippen LogP contribution in [-0.2, 0) is 10.8 Å². The number of hydrogen-bond donors (Lipinski definition) is 0. The zero-order chi connectivity index (χ0) is 36.8. The molecule has 0 saturated heterocycles. The summed E-state index contributed by atoms with van der Waals surface area (Å²) in [6.45, 7) is 23.3. The molecule has 0 heterocycles. The predicted octanol–water partition coefficient (Wildman–Crippen LogP) is 13.9. The molecule has 0 aromatic heterocycles.